The number of aromatic nitrogens is 1. The molecule has 3 nitrogen and oxygen atoms in total. The highest BCUT2D eigenvalue weighted by molar-refractivity contribution is 9.10. The Labute approximate surface area is 132 Å². The van der Waals surface area contributed by atoms with E-state index >= 15 is 0 Å². The molecule has 1 aliphatic carbocycles. The van der Waals surface area contributed by atoms with E-state index in [1.54, 1.807) is 11.3 Å². The lowest BCUT2D eigenvalue weighted by atomic mass is 10.2. The number of nitrogens with one attached hydrogen (secondary N) is 1. The van der Waals surface area contributed by atoms with Gasteiger partial charge in [0.05, 0.1) is 23.4 Å². The Bertz CT molecular complexity index is 567. The molecule has 1 aromatic carbocycles. The Balaban J connectivity index is 1.66. The molecule has 1 fully saturated rings. The summed E-state index contributed by atoms with van der Waals surface area (Å²) in [6.07, 6.45) is 2.66. The average Bonchev–Trinajstić information content (AvgIpc) is 3.13. The number of hydrogen-bond acceptors (Lipinski definition) is 4. The van der Waals surface area contributed by atoms with Gasteiger partial charge >= 0.3 is 0 Å². The maximum atomic E-state index is 4.34. The molecule has 0 spiro atoms. The number of nitrogens with zero attached hydrogens (tertiary/aromatic N) is 2. The van der Waals surface area contributed by atoms with E-state index in [1.807, 2.05) is 5.51 Å². The first kappa shape index (κ1) is 14.0. The highest BCUT2D eigenvalue weighted by Crippen LogP contribution is 2.28. The van der Waals surface area contributed by atoms with Gasteiger partial charge in [-0.25, -0.2) is 4.98 Å². The van der Waals surface area contributed by atoms with Gasteiger partial charge in [-0.05, 0) is 46.5 Å². The van der Waals surface area contributed by atoms with Gasteiger partial charge in [0.15, 0.2) is 0 Å². The lowest BCUT2D eigenvalue weighted by Gasteiger charge is -2.20. The third-order valence-corrected chi connectivity index (χ3v) is 4.75. The third-order valence-electron chi connectivity index (χ3n) is 3.48. The van der Waals surface area contributed by atoms with Crippen molar-refractivity contribution in [1.29, 1.82) is 0 Å². The van der Waals surface area contributed by atoms with Crippen molar-refractivity contribution in [3.05, 3.63) is 44.8 Å². The molecule has 1 aliphatic rings. The maximum absolute atomic E-state index is 4.34. The second-order valence-electron chi connectivity index (χ2n) is 5.28. The highest BCUT2D eigenvalue weighted by Gasteiger charge is 2.20. The molecule has 3 rings (SSSR count). The fraction of sp³-hybridized carbons (Fsp3) is 0.400. The molecule has 0 atom stereocenters. The molecule has 1 heterocycles. The molecule has 0 amide bonds. The quantitative estimate of drug-likeness (QED) is 0.857. The molecule has 0 aliphatic heterocycles. The minimum absolute atomic E-state index is 0.751. The lowest BCUT2D eigenvalue weighted by Crippen LogP contribution is -2.18. The molecule has 20 heavy (non-hydrogen) atoms. The van der Waals surface area contributed by atoms with Gasteiger partial charge in [0.2, 0.25) is 0 Å². The second kappa shape index (κ2) is 6.24. The first-order chi connectivity index (χ1) is 9.72. The van der Waals surface area contributed by atoms with Gasteiger partial charge in [-0.1, -0.05) is 6.07 Å². The first-order valence-corrected chi connectivity index (χ1v) is 8.56. The van der Waals surface area contributed by atoms with Gasteiger partial charge < -0.3 is 10.2 Å². The Morgan fingerprint density at radius 1 is 1.45 bits per heavy atom. The van der Waals surface area contributed by atoms with Crippen LogP contribution in [-0.2, 0) is 13.1 Å². The normalized spacial score (nSPS) is 14.5. The van der Waals surface area contributed by atoms with E-state index < -0.39 is 0 Å². The number of anilines is 1. The Morgan fingerprint density at radius 3 is 2.95 bits per heavy atom. The number of thiazole rings is 1. The molecule has 106 valence electrons. The summed E-state index contributed by atoms with van der Waals surface area (Å²) in [6.45, 7) is 1.79. The Kier molecular flexibility index (Phi) is 4.38. The van der Waals surface area contributed by atoms with Gasteiger partial charge in [-0.3, -0.25) is 0 Å². The second-order valence-corrected chi connectivity index (χ2v) is 6.85. The fourth-order valence-electron chi connectivity index (χ4n) is 2.16. The van der Waals surface area contributed by atoms with E-state index in [0.29, 0.717) is 0 Å². The number of benzene rings is 1. The zero-order valence-electron chi connectivity index (χ0n) is 11.5. The number of hydrogen-bond donors (Lipinski definition) is 1. The zero-order valence-corrected chi connectivity index (χ0v) is 13.9. The van der Waals surface area contributed by atoms with E-state index in [-0.39, 0.29) is 0 Å². The van der Waals surface area contributed by atoms with Crippen LogP contribution in [0.2, 0.25) is 0 Å². The fourth-order valence-corrected chi connectivity index (χ4v) is 3.44. The number of rotatable bonds is 6. The lowest BCUT2D eigenvalue weighted by molar-refractivity contribution is 0.687. The zero-order chi connectivity index (χ0) is 13.9. The minimum atomic E-state index is 0.751. The topological polar surface area (TPSA) is 28.2 Å². The average molecular weight is 352 g/mol. The molecular weight excluding hydrogens is 334 g/mol. The summed E-state index contributed by atoms with van der Waals surface area (Å²) >= 11 is 5.33. The maximum Gasteiger partial charge on any atom is 0.0795 e. The minimum Gasteiger partial charge on any atom is -0.368 e. The van der Waals surface area contributed by atoms with E-state index in [1.165, 1.54) is 24.1 Å². The molecule has 0 saturated heterocycles. The molecule has 1 saturated carbocycles. The summed E-state index contributed by atoms with van der Waals surface area (Å²) in [6, 6.07) is 7.34. The number of halogens is 1. The van der Waals surface area contributed by atoms with Crippen molar-refractivity contribution in [2.75, 3.05) is 11.9 Å². The largest absolute Gasteiger partial charge is 0.368 e. The third kappa shape index (κ3) is 3.59. The summed E-state index contributed by atoms with van der Waals surface area (Å²) in [7, 11) is 2.10. The van der Waals surface area contributed by atoms with Crippen LogP contribution in [-0.4, -0.2) is 18.1 Å². The van der Waals surface area contributed by atoms with E-state index in [0.717, 1.165) is 29.3 Å². The Morgan fingerprint density at radius 2 is 2.30 bits per heavy atom. The van der Waals surface area contributed by atoms with Crippen LogP contribution < -0.4 is 10.2 Å². The highest BCUT2D eigenvalue weighted by atomic mass is 79.9. The van der Waals surface area contributed by atoms with Crippen LogP contribution in [0, 0.1) is 0 Å². The smallest absolute Gasteiger partial charge is 0.0795 e. The predicted molar refractivity (Wildman–Crippen MR) is 88.2 cm³/mol. The van der Waals surface area contributed by atoms with Crippen molar-refractivity contribution < 1.29 is 0 Å². The van der Waals surface area contributed by atoms with E-state index in [4.69, 9.17) is 0 Å². The van der Waals surface area contributed by atoms with Crippen LogP contribution in [0.3, 0.4) is 0 Å². The van der Waals surface area contributed by atoms with Gasteiger partial charge in [0.25, 0.3) is 0 Å². The van der Waals surface area contributed by atoms with E-state index in [9.17, 15) is 0 Å². The SMILES string of the molecule is CN(Cc1cscn1)c1ccc(CNC2CC2)cc1Br. The van der Waals surface area contributed by atoms with Crippen LogP contribution >= 0.6 is 27.3 Å². The van der Waals surface area contributed by atoms with Crippen molar-refractivity contribution in [3.63, 3.8) is 0 Å². The summed E-state index contributed by atoms with van der Waals surface area (Å²) in [5, 5.41) is 5.64. The van der Waals surface area contributed by atoms with Crippen molar-refractivity contribution in [2.45, 2.75) is 32.0 Å². The van der Waals surface area contributed by atoms with Crippen LogP contribution in [0.4, 0.5) is 5.69 Å². The van der Waals surface area contributed by atoms with Gasteiger partial charge in [-0.15, -0.1) is 11.3 Å². The first-order valence-electron chi connectivity index (χ1n) is 6.82. The molecule has 5 heteroatoms. The monoisotopic (exact) mass is 351 g/mol. The van der Waals surface area contributed by atoms with Crippen molar-refractivity contribution in [3.8, 4) is 0 Å². The standard InChI is InChI=1S/C15H18BrN3S/c1-19(8-13-9-20-10-18-13)15-5-2-11(6-14(15)16)7-17-12-3-4-12/h2,5-6,9-10,12,17H,3-4,7-8H2,1H3. The molecule has 1 N–H and O–H groups in total. The van der Waals surface area contributed by atoms with Crippen molar-refractivity contribution in [1.82, 2.24) is 10.3 Å². The summed E-state index contributed by atoms with van der Waals surface area (Å²) < 4.78 is 1.14. The van der Waals surface area contributed by atoms with Gasteiger partial charge in [0.1, 0.15) is 0 Å². The molecule has 0 bridgehead atoms. The van der Waals surface area contributed by atoms with Gasteiger partial charge in [0, 0.05) is 29.5 Å². The van der Waals surface area contributed by atoms with Crippen molar-refractivity contribution >= 4 is 33.0 Å². The van der Waals surface area contributed by atoms with Gasteiger partial charge in [-0.2, -0.15) is 0 Å². The van der Waals surface area contributed by atoms with Crippen LogP contribution in [0.5, 0.6) is 0 Å². The molecule has 0 radical (unpaired) electrons. The Hall–Kier alpha value is -0.910. The predicted octanol–water partition coefficient (Wildman–Crippen LogP) is 3.79. The molecule has 1 aromatic heterocycles. The molecule has 0 unspecified atom stereocenters. The summed E-state index contributed by atoms with van der Waals surface area (Å²) in [5.74, 6) is 0. The molecule has 2 aromatic rings. The van der Waals surface area contributed by atoms with Crippen LogP contribution in [0.25, 0.3) is 0 Å². The summed E-state index contributed by atoms with van der Waals surface area (Å²) in [4.78, 5) is 6.56. The van der Waals surface area contributed by atoms with Crippen LogP contribution in [0.1, 0.15) is 24.1 Å². The van der Waals surface area contributed by atoms with Crippen molar-refractivity contribution in [2.24, 2.45) is 0 Å². The molecular formula is C15H18BrN3S. The van der Waals surface area contributed by atoms with E-state index in [2.05, 4.69) is 61.8 Å². The summed E-state index contributed by atoms with van der Waals surface area (Å²) in [5.41, 5.74) is 5.52. The van der Waals surface area contributed by atoms with Crippen LogP contribution in [0.15, 0.2) is 33.6 Å².